The van der Waals surface area contributed by atoms with Crippen LogP contribution in [0.25, 0.3) is 0 Å². The van der Waals surface area contributed by atoms with Gasteiger partial charge in [-0.1, -0.05) is 6.07 Å². The second-order valence-electron chi connectivity index (χ2n) is 2.81. The van der Waals surface area contributed by atoms with E-state index in [2.05, 4.69) is 4.98 Å². The fourth-order valence-corrected chi connectivity index (χ4v) is 1.70. The summed E-state index contributed by atoms with van der Waals surface area (Å²) in [7, 11) is 0. The quantitative estimate of drug-likeness (QED) is 0.559. The maximum absolute atomic E-state index is 11.6. The Morgan fingerprint density at radius 3 is 2.79 bits per heavy atom. The monoisotopic (exact) mass is 205 g/mol. The van der Waals surface area contributed by atoms with Crippen LogP contribution in [0.3, 0.4) is 0 Å². The Kier molecular flexibility index (Phi) is 2.65. The van der Waals surface area contributed by atoms with Crippen molar-refractivity contribution in [1.29, 1.82) is 0 Å². The lowest BCUT2D eigenvalue weighted by Crippen LogP contribution is -2.36. The molecule has 0 saturated carbocycles. The van der Waals surface area contributed by atoms with E-state index in [0.717, 1.165) is 0 Å². The molecule has 0 unspecified atom stereocenters. The molecular formula is C10H9N2OS+. The van der Waals surface area contributed by atoms with Gasteiger partial charge in [-0.05, 0) is 0 Å². The summed E-state index contributed by atoms with van der Waals surface area (Å²) in [5.74, 6) is 0.0520. The van der Waals surface area contributed by atoms with E-state index in [0.29, 0.717) is 11.6 Å². The van der Waals surface area contributed by atoms with Gasteiger partial charge in [-0.2, -0.15) is 4.57 Å². The van der Waals surface area contributed by atoms with Crippen LogP contribution in [-0.2, 0) is 6.54 Å². The van der Waals surface area contributed by atoms with Crippen molar-refractivity contribution < 1.29 is 9.36 Å². The SMILES string of the molecule is O=C(C[n+]1ccccc1)c1nccs1. The third kappa shape index (κ3) is 2.03. The zero-order chi connectivity index (χ0) is 9.80. The van der Waals surface area contributed by atoms with Crippen molar-refractivity contribution in [3.05, 3.63) is 47.2 Å². The number of hydrogen-bond donors (Lipinski definition) is 0. The van der Waals surface area contributed by atoms with Crippen LogP contribution in [-0.4, -0.2) is 10.8 Å². The molecular weight excluding hydrogens is 196 g/mol. The first-order valence-electron chi connectivity index (χ1n) is 4.23. The molecule has 0 atom stereocenters. The minimum Gasteiger partial charge on any atom is -0.284 e. The van der Waals surface area contributed by atoms with Crippen molar-refractivity contribution >= 4 is 17.1 Å². The lowest BCUT2D eigenvalue weighted by atomic mass is 10.4. The number of Topliss-reactive ketones (excluding diaryl/α,β-unsaturated/α-hetero) is 1. The number of thiazole rings is 1. The molecule has 4 heteroatoms. The Bertz CT molecular complexity index is 411. The van der Waals surface area contributed by atoms with Gasteiger partial charge >= 0.3 is 0 Å². The van der Waals surface area contributed by atoms with Gasteiger partial charge in [-0.25, -0.2) is 4.98 Å². The predicted molar refractivity (Wildman–Crippen MR) is 53.1 cm³/mol. The van der Waals surface area contributed by atoms with E-state index in [1.54, 1.807) is 6.20 Å². The first-order valence-corrected chi connectivity index (χ1v) is 5.11. The van der Waals surface area contributed by atoms with Crippen molar-refractivity contribution in [2.24, 2.45) is 0 Å². The molecule has 0 aromatic carbocycles. The number of nitrogens with zero attached hydrogens (tertiary/aromatic N) is 2. The normalized spacial score (nSPS) is 10.0. The average Bonchev–Trinajstić information content (AvgIpc) is 2.72. The van der Waals surface area contributed by atoms with Gasteiger partial charge < -0.3 is 0 Å². The van der Waals surface area contributed by atoms with Crippen LogP contribution in [0.1, 0.15) is 9.80 Å². The number of aromatic nitrogens is 2. The topological polar surface area (TPSA) is 33.8 Å². The number of ketones is 1. The molecule has 0 spiro atoms. The second-order valence-corrected chi connectivity index (χ2v) is 3.70. The molecule has 0 bridgehead atoms. The molecule has 0 saturated heterocycles. The van der Waals surface area contributed by atoms with E-state index in [1.165, 1.54) is 11.3 Å². The van der Waals surface area contributed by atoms with Crippen molar-refractivity contribution in [3.8, 4) is 0 Å². The first kappa shape index (κ1) is 9.02. The minimum absolute atomic E-state index is 0.0520. The maximum Gasteiger partial charge on any atom is 0.255 e. The third-order valence-electron chi connectivity index (χ3n) is 1.77. The Labute approximate surface area is 85.7 Å². The molecule has 14 heavy (non-hydrogen) atoms. The van der Waals surface area contributed by atoms with Crippen LogP contribution in [0.2, 0.25) is 0 Å². The van der Waals surface area contributed by atoms with Crippen LogP contribution in [0.4, 0.5) is 0 Å². The summed E-state index contributed by atoms with van der Waals surface area (Å²) in [4.78, 5) is 15.6. The van der Waals surface area contributed by atoms with Crippen molar-refractivity contribution in [2.75, 3.05) is 0 Å². The van der Waals surface area contributed by atoms with E-state index in [4.69, 9.17) is 0 Å². The van der Waals surface area contributed by atoms with Gasteiger partial charge in [-0.15, -0.1) is 11.3 Å². The van der Waals surface area contributed by atoms with E-state index < -0.39 is 0 Å². The number of hydrogen-bond acceptors (Lipinski definition) is 3. The van der Waals surface area contributed by atoms with Crippen molar-refractivity contribution in [1.82, 2.24) is 4.98 Å². The van der Waals surface area contributed by atoms with Gasteiger partial charge in [0.1, 0.15) is 0 Å². The molecule has 70 valence electrons. The Hall–Kier alpha value is -1.55. The second kappa shape index (κ2) is 4.11. The molecule has 0 aliphatic heterocycles. The number of rotatable bonds is 3. The number of carbonyl (C=O) groups is 1. The number of carbonyl (C=O) groups excluding carboxylic acids is 1. The smallest absolute Gasteiger partial charge is 0.255 e. The lowest BCUT2D eigenvalue weighted by Gasteiger charge is -1.92. The average molecular weight is 205 g/mol. The van der Waals surface area contributed by atoms with E-state index in [-0.39, 0.29) is 5.78 Å². The maximum atomic E-state index is 11.6. The van der Waals surface area contributed by atoms with E-state index in [1.807, 2.05) is 40.5 Å². The fraction of sp³-hybridized carbons (Fsp3) is 0.100. The largest absolute Gasteiger partial charge is 0.284 e. The summed E-state index contributed by atoms with van der Waals surface area (Å²) < 4.78 is 1.84. The molecule has 0 aliphatic carbocycles. The molecule has 2 rings (SSSR count). The van der Waals surface area contributed by atoms with Crippen LogP contribution in [0.5, 0.6) is 0 Å². The lowest BCUT2D eigenvalue weighted by molar-refractivity contribution is -0.683. The summed E-state index contributed by atoms with van der Waals surface area (Å²) in [5, 5.41) is 2.38. The highest BCUT2D eigenvalue weighted by Crippen LogP contribution is 2.04. The molecule has 2 heterocycles. The molecule has 0 radical (unpaired) electrons. The molecule has 0 amide bonds. The highest BCUT2D eigenvalue weighted by Gasteiger charge is 2.13. The zero-order valence-electron chi connectivity index (χ0n) is 7.46. The first-order chi connectivity index (χ1) is 6.86. The number of pyridine rings is 1. The van der Waals surface area contributed by atoms with E-state index in [9.17, 15) is 4.79 Å². The van der Waals surface area contributed by atoms with Crippen LogP contribution >= 0.6 is 11.3 Å². The highest BCUT2D eigenvalue weighted by atomic mass is 32.1. The van der Waals surface area contributed by atoms with Gasteiger partial charge in [-0.3, -0.25) is 4.79 Å². The van der Waals surface area contributed by atoms with Gasteiger partial charge in [0.15, 0.2) is 17.4 Å². The summed E-state index contributed by atoms with van der Waals surface area (Å²) in [6.45, 7) is 0.356. The predicted octanol–water partition coefficient (Wildman–Crippen LogP) is 1.31. The van der Waals surface area contributed by atoms with Crippen LogP contribution in [0, 0.1) is 0 Å². The fourth-order valence-electron chi connectivity index (χ4n) is 1.13. The summed E-state index contributed by atoms with van der Waals surface area (Å²) in [6.07, 6.45) is 5.38. The molecule has 0 aliphatic rings. The van der Waals surface area contributed by atoms with E-state index >= 15 is 0 Å². The summed E-state index contributed by atoms with van der Waals surface area (Å²) >= 11 is 1.38. The Morgan fingerprint density at radius 1 is 1.36 bits per heavy atom. The zero-order valence-corrected chi connectivity index (χ0v) is 8.28. The molecule has 0 N–H and O–H groups in total. The van der Waals surface area contributed by atoms with Gasteiger partial charge in [0.05, 0.1) is 0 Å². The Morgan fingerprint density at radius 2 is 2.14 bits per heavy atom. The third-order valence-corrected chi connectivity index (χ3v) is 2.59. The van der Waals surface area contributed by atoms with Gasteiger partial charge in [0.2, 0.25) is 6.54 Å². The van der Waals surface area contributed by atoms with Crippen LogP contribution < -0.4 is 4.57 Å². The van der Waals surface area contributed by atoms with Gasteiger partial charge in [0, 0.05) is 23.7 Å². The summed E-state index contributed by atoms with van der Waals surface area (Å²) in [5.41, 5.74) is 0. The highest BCUT2D eigenvalue weighted by molar-refractivity contribution is 7.11. The van der Waals surface area contributed by atoms with Gasteiger partial charge in [0.25, 0.3) is 5.78 Å². The van der Waals surface area contributed by atoms with Crippen molar-refractivity contribution in [3.63, 3.8) is 0 Å². The molecule has 3 nitrogen and oxygen atoms in total. The Balaban J connectivity index is 2.10. The molecule has 0 fully saturated rings. The molecule has 2 aromatic heterocycles. The minimum atomic E-state index is 0.0520. The standard InChI is InChI=1S/C10H9N2OS/c13-9(10-11-4-7-14-10)8-12-5-2-1-3-6-12/h1-7H,8H2/q+1. The van der Waals surface area contributed by atoms with Crippen molar-refractivity contribution in [2.45, 2.75) is 6.54 Å². The van der Waals surface area contributed by atoms with Crippen LogP contribution in [0.15, 0.2) is 42.2 Å². The molecule has 2 aromatic rings. The summed E-state index contributed by atoms with van der Waals surface area (Å²) in [6, 6.07) is 5.72.